The number of aromatic nitrogens is 3. The van der Waals surface area contributed by atoms with Crippen LogP contribution in [0.5, 0.6) is 0 Å². The van der Waals surface area contributed by atoms with Crippen molar-refractivity contribution in [3.8, 4) is 44.9 Å². The van der Waals surface area contributed by atoms with Crippen molar-refractivity contribution < 1.29 is 25.6 Å². The van der Waals surface area contributed by atoms with Gasteiger partial charge in [0.15, 0.2) is 0 Å². The van der Waals surface area contributed by atoms with Crippen LogP contribution in [-0.2, 0) is 78.2 Å². The standard InChI is InChI=1S/C82H90N3.Ir/c1-77(2,67-30-34-74(84-53-67)64-28-32-70-72(47-64)81(7)40-36-79(70,5)37-41-81)50-56-44-55(45-57(46-56)51-78(3,4)68-31-35-75(85-54-68)65-29-33-71-73(48-65)82(8)42-38-80(71,6)39-43-82)18-19-66-52-83-76(63-16-10-9-11-17-63)49-69(66)62-26-24-61(25-27-62)60-22-20-59(21-23-60)58-14-12-13-15-58;/h9-11,16,24-27,30-35,44-49,52-54,58-60H,12-15,18-23,36-43,50-51H2,1-8H3;/q-3;+3/i18D2,19D2;. The van der Waals surface area contributed by atoms with E-state index in [0.717, 1.165) is 67.7 Å². The molecule has 0 N–H and O–H groups in total. The Morgan fingerprint density at radius 3 is 1.45 bits per heavy atom. The minimum atomic E-state index is -2.53. The van der Waals surface area contributed by atoms with E-state index in [9.17, 15) is 5.48 Å². The molecular weight excluding hydrogens is 1220 g/mol. The van der Waals surface area contributed by atoms with Gasteiger partial charge in [-0.1, -0.05) is 180 Å². The molecule has 4 heteroatoms. The van der Waals surface area contributed by atoms with Gasteiger partial charge in [0.05, 0.1) is 0 Å². The molecule has 8 aliphatic carbocycles. The van der Waals surface area contributed by atoms with E-state index in [1.165, 1.54) is 131 Å². The topological polar surface area (TPSA) is 38.7 Å². The molecule has 4 bridgehead atoms. The van der Waals surface area contributed by atoms with E-state index in [0.29, 0.717) is 35.6 Å². The summed E-state index contributed by atoms with van der Waals surface area (Å²) in [6.45, 7) is 18.7. The van der Waals surface area contributed by atoms with Gasteiger partial charge in [-0.25, -0.2) is 0 Å². The third kappa shape index (κ3) is 11.3. The second-order valence-electron chi connectivity index (χ2n) is 30.0. The Morgan fingerprint density at radius 1 is 0.477 bits per heavy atom. The van der Waals surface area contributed by atoms with Crippen LogP contribution in [0.25, 0.3) is 44.9 Å². The van der Waals surface area contributed by atoms with E-state index in [2.05, 4.69) is 152 Å². The molecule has 8 aromatic rings. The average Bonchev–Trinajstić information content (AvgIpc) is 0.777. The van der Waals surface area contributed by atoms with Crippen LogP contribution in [0, 0.1) is 30.0 Å². The zero-order chi connectivity index (χ0) is 61.9. The van der Waals surface area contributed by atoms with Gasteiger partial charge in [0, 0.05) is 24.1 Å². The first-order valence-electron chi connectivity index (χ1n) is 34.7. The maximum absolute atomic E-state index is 10.3. The number of hydrogen-bond acceptors (Lipinski definition) is 3. The van der Waals surface area contributed by atoms with Crippen LogP contribution in [0.3, 0.4) is 0 Å². The fraction of sp³-hybridized carbons (Fsp3) is 0.451. The van der Waals surface area contributed by atoms with Gasteiger partial charge in [0.1, 0.15) is 0 Å². The molecule has 4 saturated carbocycles. The summed E-state index contributed by atoms with van der Waals surface area (Å²) >= 11 is 0. The Morgan fingerprint density at radius 2 is 0.965 bits per heavy atom. The summed E-state index contributed by atoms with van der Waals surface area (Å²) in [5.74, 6) is 2.28. The SMILES string of the molecule is [2H]C([2H])(c1cc(CC(C)(C)c2ccc(-c3[c-]cc4c(c3)C3(C)CCC4(C)CC3)nc2)cc(CC(C)(C)c2ccc(-c3[c-]cc4c(c3)C3(C)CCC4(C)CC3)nc2)c1)C([2H])([2H])c1cnc(-c2[c-]cccc2)cc1-c1ccc(C2CCC(C3CCCC3)CC2)cc1.[Ir+3]. The molecule has 0 saturated heterocycles. The number of benzene rings is 5. The van der Waals surface area contributed by atoms with Crippen LogP contribution >= 0.6 is 0 Å². The molecule has 0 amide bonds. The number of rotatable bonds is 15. The normalized spacial score (nSPS) is 26.2. The second-order valence-corrected chi connectivity index (χ2v) is 30.0. The van der Waals surface area contributed by atoms with Crippen LogP contribution in [0.2, 0.25) is 0 Å². The number of hydrogen-bond donors (Lipinski definition) is 0. The third-order valence-electron chi connectivity index (χ3n) is 23.2. The molecular formula is C82H90IrN3. The predicted octanol–water partition coefficient (Wildman–Crippen LogP) is 20.4. The van der Waals surface area contributed by atoms with Crippen molar-refractivity contribution in [3.05, 3.63) is 219 Å². The molecule has 442 valence electrons. The van der Waals surface area contributed by atoms with E-state index >= 15 is 0 Å². The van der Waals surface area contributed by atoms with E-state index in [1.54, 1.807) is 6.20 Å². The summed E-state index contributed by atoms with van der Waals surface area (Å²) in [6.07, 6.45) is 22.2. The van der Waals surface area contributed by atoms with Crippen molar-refractivity contribution in [2.45, 2.75) is 222 Å². The molecule has 0 radical (unpaired) electrons. The molecule has 86 heavy (non-hydrogen) atoms. The maximum atomic E-state index is 10.3. The number of pyridine rings is 3. The molecule has 3 aromatic heterocycles. The van der Waals surface area contributed by atoms with E-state index in [-0.39, 0.29) is 47.3 Å². The first-order valence-corrected chi connectivity index (χ1v) is 32.7. The van der Waals surface area contributed by atoms with Crippen molar-refractivity contribution in [2.75, 3.05) is 0 Å². The predicted molar refractivity (Wildman–Crippen MR) is 351 cm³/mol. The minimum Gasteiger partial charge on any atom is -0.304 e. The van der Waals surface area contributed by atoms with Crippen LogP contribution in [0.1, 0.15) is 231 Å². The summed E-state index contributed by atoms with van der Waals surface area (Å²) in [5.41, 5.74) is 18.6. The molecule has 16 rings (SSSR count). The Labute approximate surface area is 535 Å². The first-order chi connectivity index (χ1) is 42.4. The summed E-state index contributed by atoms with van der Waals surface area (Å²) in [5, 5.41) is 0. The monoisotopic (exact) mass is 1310 g/mol. The van der Waals surface area contributed by atoms with E-state index in [1.807, 2.05) is 54.9 Å². The molecule has 3 heterocycles. The van der Waals surface area contributed by atoms with Crippen molar-refractivity contribution in [1.82, 2.24) is 15.0 Å². The number of aryl methyl sites for hydroxylation is 2. The molecule has 0 spiro atoms. The van der Waals surface area contributed by atoms with Crippen LogP contribution in [-0.4, -0.2) is 15.0 Å². The molecule has 4 fully saturated rings. The molecule has 8 aliphatic rings. The van der Waals surface area contributed by atoms with Gasteiger partial charge in [0.25, 0.3) is 0 Å². The zero-order valence-electron chi connectivity index (χ0n) is 56.4. The summed E-state index contributed by atoms with van der Waals surface area (Å²) < 4.78 is 41.0. The zero-order valence-corrected chi connectivity index (χ0v) is 54.8. The smallest absolute Gasteiger partial charge is 0.304 e. The van der Waals surface area contributed by atoms with Crippen LogP contribution in [0.15, 0.2) is 140 Å². The largest absolute Gasteiger partial charge is 3.00 e. The van der Waals surface area contributed by atoms with Gasteiger partial charge in [-0.05, 0) is 194 Å². The van der Waals surface area contributed by atoms with Gasteiger partial charge >= 0.3 is 20.1 Å². The van der Waals surface area contributed by atoms with Crippen LogP contribution in [0.4, 0.5) is 0 Å². The van der Waals surface area contributed by atoms with Crippen molar-refractivity contribution in [2.24, 2.45) is 11.8 Å². The number of fused-ring (bicyclic) bond motifs is 4. The van der Waals surface area contributed by atoms with Gasteiger partial charge < -0.3 is 15.0 Å². The fourth-order valence-corrected chi connectivity index (χ4v) is 17.2. The second kappa shape index (κ2) is 23.0. The van der Waals surface area contributed by atoms with E-state index < -0.39 is 23.6 Å². The van der Waals surface area contributed by atoms with Crippen molar-refractivity contribution in [1.29, 1.82) is 0 Å². The quantitative estimate of drug-likeness (QED) is 0.0960. The maximum Gasteiger partial charge on any atom is 3.00 e. The minimum absolute atomic E-state index is 0. The fourth-order valence-electron chi connectivity index (χ4n) is 17.2. The molecule has 0 aliphatic heterocycles. The summed E-state index contributed by atoms with van der Waals surface area (Å²) in [7, 11) is 0. The van der Waals surface area contributed by atoms with Gasteiger partial charge in [-0.3, -0.25) is 0 Å². The summed E-state index contributed by atoms with van der Waals surface area (Å²) in [4.78, 5) is 15.2. The van der Waals surface area contributed by atoms with Gasteiger partial charge in [-0.15, -0.1) is 106 Å². The summed E-state index contributed by atoms with van der Waals surface area (Å²) in [6, 6.07) is 53.2. The first kappa shape index (κ1) is 54.4. The van der Waals surface area contributed by atoms with Gasteiger partial charge in [0.2, 0.25) is 0 Å². The molecule has 0 unspecified atom stereocenters. The van der Waals surface area contributed by atoms with Crippen LogP contribution < -0.4 is 0 Å². The Bertz CT molecular complexity index is 3770. The molecule has 3 nitrogen and oxygen atoms in total. The Hall–Kier alpha value is -5.80. The number of nitrogens with zero attached hydrogens (tertiary/aromatic N) is 3. The van der Waals surface area contributed by atoms with Gasteiger partial charge in [-0.2, -0.15) is 0 Å². The van der Waals surface area contributed by atoms with E-state index in [4.69, 9.17) is 15.0 Å². The van der Waals surface area contributed by atoms with Crippen molar-refractivity contribution in [3.63, 3.8) is 0 Å². The Balaban J connectivity index is 0.00000743. The Kier molecular flexibility index (Phi) is 14.5. The average molecular weight is 1310 g/mol. The molecule has 0 atom stereocenters. The molecule has 5 aromatic carbocycles. The van der Waals surface area contributed by atoms with Crippen molar-refractivity contribution >= 4 is 0 Å². The third-order valence-corrected chi connectivity index (χ3v) is 23.2.